The molecule has 0 spiro atoms. The van der Waals surface area contributed by atoms with Crippen LogP contribution in [0.5, 0.6) is 0 Å². The number of hydrogen-bond acceptors (Lipinski definition) is 3. The first-order chi connectivity index (χ1) is 10.3. The number of aliphatic hydroxyl groups is 1. The van der Waals surface area contributed by atoms with E-state index < -0.39 is 22.2 Å². The van der Waals surface area contributed by atoms with Gasteiger partial charge in [0.15, 0.2) is 0 Å². The summed E-state index contributed by atoms with van der Waals surface area (Å²) in [7, 11) is -2.23. The van der Waals surface area contributed by atoms with Crippen LogP contribution in [0, 0.1) is 0 Å². The van der Waals surface area contributed by atoms with E-state index in [-0.39, 0.29) is 4.90 Å². The van der Waals surface area contributed by atoms with E-state index >= 15 is 0 Å². The lowest BCUT2D eigenvalue weighted by Gasteiger charge is -2.28. The van der Waals surface area contributed by atoms with Gasteiger partial charge in [-0.1, -0.05) is 41.9 Å². The largest absolute Gasteiger partial charge is 0.387 e. The summed E-state index contributed by atoms with van der Waals surface area (Å²) in [6.45, 7) is 1.67. The molecule has 4 nitrogen and oxygen atoms in total. The molecule has 0 saturated carbocycles. The summed E-state index contributed by atoms with van der Waals surface area (Å²) in [6, 6.07) is 14.3. The van der Waals surface area contributed by atoms with Gasteiger partial charge < -0.3 is 5.11 Å². The number of halogens is 1. The molecule has 2 aromatic rings. The molecule has 0 aromatic heterocycles. The van der Waals surface area contributed by atoms with Gasteiger partial charge in [0.1, 0.15) is 0 Å². The molecule has 0 fully saturated rings. The summed E-state index contributed by atoms with van der Waals surface area (Å²) in [6.07, 6.45) is -0.909. The van der Waals surface area contributed by atoms with Gasteiger partial charge in [-0.25, -0.2) is 8.42 Å². The second kappa shape index (κ2) is 6.79. The number of hydrogen-bond donors (Lipinski definition) is 1. The lowest BCUT2D eigenvalue weighted by atomic mass is 10.0. The van der Waals surface area contributed by atoms with Crippen molar-refractivity contribution in [3.05, 3.63) is 65.2 Å². The molecule has 6 heteroatoms. The summed E-state index contributed by atoms with van der Waals surface area (Å²) < 4.78 is 26.4. The summed E-state index contributed by atoms with van der Waals surface area (Å²) >= 11 is 5.79. The van der Waals surface area contributed by atoms with Crippen LogP contribution in [0.4, 0.5) is 0 Å². The zero-order valence-corrected chi connectivity index (χ0v) is 13.9. The van der Waals surface area contributed by atoms with Crippen LogP contribution < -0.4 is 0 Å². The lowest BCUT2D eigenvalue weighted by molar-refractivity contribution is 0.108. The third-order valence-corrected chi connectivity index (χ3v) is 5.87. The molecule has 118 valence electrons. The van der Waals surface area contributed by atoms with Crippen molar-refractivity contribution in [1.29, 1.82) is 0 Å². The third-order valence-electron chi connectivity index (χ3n) is 3.66. The van der Waals surface area contributed by atoms with Gasteiger partial charge in [-0.05, 0) is 36.8 Å². The number of nitrogens with zero attached hydrogens (tertiary/aromatic N) is 1. The zero-order valence-electron chi connectivity index (χ0n) is 12.3. The molecule has 0 aliphatic carbocycles. The molecule has 1 N–H and O–H groups in total. The van der Waals surface area contributed by atoms with E-state index in [0.29, 0.717) is 10.6 Å². The maximum absolute atomic E-state index is 12.6. The quantitative estimate of drug-likeness (QED) is 0.910. The van der Waals surface area contributed by atoms with E-state index in [1.54, 1.807) is 31.2 Å². The normalized spacial score (nSPS) is 14.8. The van der Waals surface area contributed by atoms with E-state index in [1.165, 1.54) is 35.6 Å². The van der Waals surface area contributed by atoms with Crippen LogP contribution in [0.3, 0.4) is 0 Å². The Balaban J connectivity index is 2.26. The predicted octanol–water partition coefficient (Wildman–Crippen LogP) is 3.08. The Hall–Kier alpha value is -1.40. The number of rotatable bonds is 5. The van der Waals surface area contributed by atoms with Crippen LogP contribution in [-0.4, -0.2) is 30.9 Å². The molecule has 0 saturated heterocycles. The Morgan fingerprint density at radius 2 is 1.59 bits per heavy atom. The standard InChI is InChI=1S/C16H18ClNO3S/c1-12(16(19)13-6-4-3-5-7-13)18(2)22(20,21)15-10-8-14(17)9-11-15/h3-12,16,19H,1-2H3/t12-,16-/m0/s1. The highest BCUT2D eigenvalue weighted by Crippen LogP contribution is 2.25. The minimum absolute atomic E-state index is 0.145. The van der Waals surface area contributed by atoms with Gasteiger partial charge in [0, 0.05) is 12.1 Å². The summed E-state index contributed by atoms with van der Waals surface area (Å²) in [5.41, 5.74) is 0.674. The maximum Gasteiger partial charge on any atom is 0.243 e. The molecule has 0 unspecified atom stereocenters. The molecule has 0 bridgehead atoms. The molecule has 2 aromatic carbocycles. The van der Waals surface area contributed by atoms with Crippen LogP contribution in [0.2, 0.25) is 5.02 Å². The van der Waals surface area contributed by atoms with Crippen molar-refractivity contribution in [1.82, 2.24) is 4.31 Å². The average molecular weight is 340 g/mol. The van der Waals surface area contributed by atoms with E-state index in [9.17, 15) is 13.5 Å². The Morgan fingerprint density at radius 1 is 1.05 bits per heavy atom. The molecule has 0 radical (unpaired) electrons. The molecule has 22 heavy (non-hydrogen) atoms. The summed E-state index contributed by atoms with van der Waals surface area (Å²) in [5.74, 6) is 0. The minimum Gasteiger partial charge on any atom is -0.387 e. The van der Waals surface area contributed by atoms with E-state index in [4.69, 9.17) is 11.6 Å². The van der Waals surface area contributed by atoms with Gasteiger partial charge in [0.05, 0.1) is 17.0 Å². The Kier molecular flexibility index (Phi) is 5.24. The summed E-state index contributed by atoms with van der Waals surface area (Å²) in [4.78, 5) is 0.145. The zero-order chi connectivity index (χ0) is 16.3. The van der Waals surface area contributed by atoms with Gasteiger partial charge >= 0.3 is 0 Å². The number of benzene rings is 2. The second-order valence-electron chi connectivity index (χ2n) is 5.07. The number of likely N-dealkylation sites (N-methyl/N-ethyl adjacent to an activating group) is 1. The van der Waals surface area contributed by atoms with Crippen molar-refractivity contribution in [3.8, 4) is 0 Å². The van der Waals surface area contributed by atoms with Gasteiger partial charge in [0.2, 0.25) is 10.0 Å². The molecule has 0 heterocycles. The van der Waals surface area contributed by atoms with Gasteiger partial charge in [-0.2, -0.15) is 4.31 Å². The number of aliphatic hydroxyl groups excluding tert-OH is 1. The summed E-state index contributed by atoms with van der Waals surface area (Å²) in [5, 5.41) is 10.9. The van der Waals surface area contributed by atoms with Crippen molar-refractivity contribution < 1.29 is 13.5 Å². The van der Waals surface area contributed by atoms with Crippen LogP contribution in [-0.2, 0) is 10.0 Å². The lowest BCUT2D eigenvalue weighted by Crippen LogP contribution is -2.39. The fourth-order valence-corrected chi connectivity index (χ4v) is 3.61. The van der Waals surface area contributed by atoms with Crippen molar-refractivity contribution in [3.63, 3.8) is 0 Å². The smallest absolute Gasteiger partial charge is 0.243 e. The van der Waals surface area contributed by atoms with Crippen LogP contribution in [0.25, 0.3) is 0 Å². The molecule has 0 aliphatic heterocycles. The van der Waals surface area contributed by atoms with Gasteiger partial charge in [0.25, 0.3) is 0 Å². The monoisotopic (exact) mass is 339 g/mol. The van der Waals surface area contributed by atoms with E-state index in [1.807, 2.05) is 6.07 Å². The van der Waals surface area contributed by atoms with Crippen molar-refractivity contribution >= 4 is 21.6 Å². The molecular weight excluding hydrogens is 322 g/mol. The Morgan fingerprint density at radius 3 is 2.14 bits per heavy atom. The molecular formula is C16H18ClNO3S. The molecule has 2 rings (SSSR count). The van der Waals surface area contributed by atoms with Crippen molar-refractivity contribution in [2.75, 3.05) is 7.05 Å². The molecule has 0 amide bonds. The van der Waals surface area contributed by atoms with E-state index in [0.717, 1.165) is 0 Å². The van der Waals surface area contributed by atoms with Crippen LogP contribution >= 0.6 is 11.6 Å². The molecule has 0 aliphatic rings. The van der Waals surface area contributed by atoms with E-state index in [2.05, 4.69) is 0 Å². The number of sulfonamides is 1. The fraction of sp³-hybridized carbons (Fsp3) is 0.250. The Labute approximate surface area is 136 Å². The van der Waals surface area contributed by atoms with Gasteiger partial charge in [-0.3, -0.25) is 0 Å². The highest BCUT2D eigenvalue weighted by Gasteiger charge is 2.30. The third kappa shape index (κ3) is 3.50. The Bertz CT molecular complexity index is 717. The maximum atomic E-state index is 12.6. The first-order valence-electron chi connectivity index (χ1n) is 6.80. The highest BCUT2D eigenvalue weighted by molar-refractivity contribution is 7.89. The minimum atomic E-state index is -3.69. The van der Waals surface area contributed by atoms with Crippen LogP contribution in [0.1, 0.15) is 18.6 Å². The first-order valence-corrected chi connectivity index (χ1v) is 8.62. The van der Waals surface area contributed by atoms with Gasteiger partial charge in [-0.15, -0.1) is 0 Å². The highest BCUT2D eigenvalue weighted by atomic mass is 35.5. The first kappa shape index (κ1) is 17.0. The SMILES string of the molecule is C[C@@H]([C@H](O)c1ccccc1)N(C)S(=O)(=O)c1ccc(Cl)cc1. The van der Waals surface area contributed by atoms with Crippen molar-refractivity contribution in [2.24, 2.45) is 0 Å². The average Bonchev–Trinajstić information content (AvgIpc) is 2.54. The topological polar surface area (TPSA) is 57.6 Å². The predicted molar refractivity (Wildman–Crippen MR) is 87.3 cm³/mol. The fourth-order valence-electron chi connectivity index (χ4n) is 2.12. The second-order valence-corrected chi connectivity index (χ2v) is 7.51. The molecule has 2 atom stereocenters. The van der Waals surface area contributed by atoms with Crippen molar-refractivity contribution in [2.45, 2.75) is 24.0 Å². The van der Waals surface area contributed by atoms with Crippen LogP contribution in [0.15, 0.2) is 59.5 Å².